The first-order valence-electron chi connectivity index (χ1n) is 14.1. The SMILES string of the molecule is [C-]#[N+]C(=Cc1nc2c(s1)-c1cc3c(cc1C1(CCCCC1)O2)-c1sc(C=C(C#N)C#N)nc1OC31CCCCC1)[N+]#[C-]. The van der Waals surface area contributed by atoms with Crippen molar-refractivity contribution in [3.63, 3.8) is 0 Å². The molecule has 4 heterocycles. The average Bonchev–Trinajstić information content (AvgIpc) is 3.62. The summed E-state index contributed by atoms with van der Waals surface area (Å²) in [6, 6.07) is 8.45. The number of hydrogen-bond acceptors (Lipinski definition) is 8. The Balaban J connectivity index is 1.47. The molecule has 3 aromatic rings. The molecular weight excluding hydrogens is 565 g/mol. The van der Waals surface area contributed by atoms with Crippen LogP contribution in [0, 0.1) is 35.8 Å². The Hall–Kier alpha value is -4.48. The van der Waals surface area contributed by atoms with Gasteiger partial charge in [0.1, 0.15) is 52.1 Å². The molecule has 0 amide bonds. The summed E-state index contributed by atoms with van der Waals surface area (Å²) in [6.45, 7) is 14.6. The Morgan fingerprint density at radius 3 is 1.64 bits per heavy atom. The lowest BCUT2D eigenvalue weighted by atomic mass is 9.71. The molecule has 2 spiro atoms. The molecule has 4 aliphatic rings. The first-order valence-corrected chi connectivity index (χ1v) is 15.7. The van der Waals surface area contributed by atoms with E-state index in [-0.39, 0.29) is 11.4 Å². The number of nitriles is 2. The van der Waals surface area contributed by atoms with E-state index in [1.165, 1.54) is 28.7 Å². The van der Waals surface area contributed by atoms with Crippen LogP contribution in [0.2, 0.25) is 0 Å². The van der Waals surface area contributed by atoms with Crippen molar-refractivity contribution in [3.05, 3.63) is 67.5 Å². The first kappa shape index (κ1) is 26.4. The first-order chi connectivity index (χ1) is 20.5. The Kier molecular flexibility index (Phi) is 6.36. The van der Waals surface area contributed by atoms with Gasteiger partial charge in [-0.25, -0.2) is 9.97 Å². The van der Waals surface area contributed by atoms with Gasteiger partial charge in [-0.1, -0.05) is 12.8 Å². The van der Waals surface area contributed by atoms with Crippen LogP contribution in [0.15, 0.2) is 23.5 Å². The molecule has 8 nitrogen and oxygen atoms in total. The lowest BCUT2D eigenvalue weighted by Gasteiger charge is -2.45. The van der Waals surface area contributed by atoms with Crippen LogP contribution in [0.25, 0.3) is 42.7 Å². The van der Waals surface area contributed by atoms with E-state index in [4.69, 9.17) is 32.6 Å². The number of allylic oxidation sites excluding steroid dienone is 1. The number of aromatic nitrogens is 2. The maximum Gasteiger partial charge on any atom is 0.522 e. The van der Waals surface area contributed by atoms with Crippen molar-refractivity contribution in [3.8, 4) is 44.8 Å². The van der Waals surface area contributed by atoms with Gasteiger partial charge >= 0.3 is 5.82 Å². The number of fused-ring (bicyclic) bond motifs is 8. The van der Waals surface area contributed by atoms with Gasteiger partial charge in [-0.3, -0.25) is 0 Å². The molecule has 2 aliphatic heterocycles. The molecule has 2 saturated carbocycles. The third kappa shape index (κ3) is 4.11. The number of ether oxygens (including phenoxy) is 2. The number of nitrogens with zero attached hydrogens (tertiary/aromatic N) is 6. The third-order valence-electron chi connectivity index (χ3n) is 8.75. The van der Waals surface area contributed by atoms with Gasteiger partial charge in [0.15, 0.2) is 0 Å². The lowest BCUT2D eigenvalue weighted by Crippen LogP contribution is -2.40. The predicted octanol–water partition coefficient (Wildman–Crippen LogP) is 8.60. The highest BCUT2D eigenvalue weighted by Crippen LogP contribution is 2.59. The molecular formula is C32H24N6O2S2. The molecule has 2 aliphatic carbocycles. The molecule has 42 heavy (non-hydrogen) atoms. The molecule has 0 atom stereocenters. The van der Waals surface area contributed by atoms with Gasteiger partial charge in [-0.05, 0) is 63.5 Å². The zero-order valence-corrected chi connectivity index (χ0v) is 24.3. The number of benzene rings is 1. The summed E-state index contributed by atoms with van der Waals surface area (Å²) in [7, 11) is 0. The van der Waals surface area contributed by atoms with Crippen LogP contribution in [0.5, 0.6) is 11.8 Å². The smallest absolute Gasteiger partial charge is 0.465 e. The summed E-state index contributed by atoms with van der Waals surface area (Å²) >= 11 is 2.90. The van der Waals surface area contributed by atoms with Crippen LogP contribution in [-0.2, 0) is 11.2 Å². The summed E-state index contributed by atoms with van der Waals surface area (Å²) in [5, 5.41) is 19.8. The van der Waals surface area contributed by atoms with E-state index >= 15 is 0 Å². The molecule has 10 heteroatoms. The molecule has 0 bridgehead atoms. The van der Waals surface area contributed by atoms with Gasteiger partial charge in [0.25, 0.3) is 0 Å². The Morgan fingerprint density at radius 1 is 0.762 bits per heavy atom. The van der Waals surface area contributed by atoms with Gasteiger partial charge in [-0.15, -0.1) is 22.7 Å². The van der Waals surface area contributed by atoms with Crippen molar-refractivity contribution in [2.75, 3.05) is 0 Å². The average molecular weight is 589 g/mol. The van der Waals surface area contributed by atoms with Crippen molar-refractivity contribution in [2.24, 2.45) is 0 Å². The molecule has 0 unspecified atom stereocenters. The summed E-state index contributed by atoms with van der Waals surface area (Å²) < 4.78 is 13.6. The third-order valence-corrected chi connectivity index (χ3v) is 10.8. The fourth-order valence-electron chi connectivity index (χ4n) is 6.86. The van der Waals surface area contributed by atoms with Crippen molar-refractivity contribution in [1.29, 1.82) is 10.5 Å². The van der Waals surface area contributed by atoms with Crippen LogP contribution in [0.3, 0.4) is 0 Å². The highest BCUT2D eigenvalue weighted by atomic mass is 32.1. The molecule has 2 aromatic heterocycles. The fraction of sp³-hybridized carbons (Fsp3) is 0.375. The van der Waals surface area contributed by atoms with Crippen molar-refractivity contribution in [1.82, 2.24) is 9.97 Å². The molecule has 2 fully saturated rings. The topological polar surface area (TPSA) is 101 Å². The van der Waals surface area contributed by atoms with Crippen LogP contribution in [0.4, 0.5) is 0 Å². The molecule has 1 aromatic carbocycles. The summed E-state index contributed by atoms with van der Waals surface area (Å²) in [4.78, 5) is 18.0. The minimum Gasteiger partial charge on any atom is -0.465 e. The normalized spacial score (nSPS) is 18.2. The van der Waals surface area contributed by atoms with Crippen molar-refractivity contribution >= 4 is 34.8 Å². The van der Waals surface area contributed by atoms with Crippen LogP contribution < -0.4 is 9.47 Å². The lowest BCUT2D eigenvalue weighted by molar-refractivity contribution is 0.0162. The van der Waals surface area contributed by atoms with Crippen molar-refractivity contribution in [2.45, 2.75) is 75.4 Å². The predicted molar refractivity (Wildman–Crippen MR) is 160 cm³/mol. The largest absolute Gasteiger partial charge is 0.522 e. The van der Waals surface area contributed by atoms with Crippen LogP contribution in [-0.4, -0.2) is 9.97 Å². The zero-order chi connectivity index (χ0) is 28.9. The number of rotatable bonds is 2. The van der Waals surface area contributed by atoms with Gasteiger partial charge in [0.2, 0.25) is 11.8 Å². The second-order valence-corrected chi connectivity index (χ2v) is 13.2. The Bertz CT molecular complexity index is 1690. The molecule has 206 valence electrons. The van der Waals surface area contributed by atoms with Crippen LogP contribution in [0.1, 0.15) is 85.4 Å². The summed E-state index contributed by atoms with van der Waals surface area (Å²) in [5.41, 5.74) is 3.46. The van der Waals surface area contributed by atoms with Gasteiger partial charge in [-0.2, -0.15) is 20.2 Å². The molecule has 0 radical (unpaired) electrons. The molecule has 7 rings (SSSR count). The van der Waals surface area contributed by atoms with E-state index < -0.39 is 11.2 Å². The standard InChI is InChI=1S/C32H24N6O2S2/c1-35-24(36-2)16-26-38-30-28(42-26)21-15-22-20(14-23(21)32(40-30)11-7-4-8-12-32)27-29(39-31(22)9-5-3-6-10-31)37-25(41-27)13-19(17-33)18-34/h13-16H,3-12H2. The summed E-state index contributed by atoms with van der Waals surface area (Å²) in [5.74, 6) is 1.13. The Labute approximate surface area is 251 Å². The molecule has 0 saturated heterocycles. The van der Waals surface area contributed by atoms with E-state index in [0.717, 1.165) is 96.2 Å². The zero-order valence-electron chi connectivity index (χ0n) is 22.7. The van der Waals surface area contributed by atoms with Gasteiger partial charge in [0.05, 0.1) is 15.8 Å². The van der Waals surface area contributed by atoms with Crippen LogP contribution >= 0.6 is 22.7 Å². The number of thiazole rings is 2. The molecule has 0 N–H and O–H groups in total. The highest BCUT2D eigenvalue weighted by Gasteiger charge is 2.48. The fourth-order valence-corrected chi connectivity index (χ4v) is 8.78. The van der Waals surface area contributed by atoms with E-state index in [1.807, 2.05) is 12.1 Å². The maximum atomic E-state index is 9.33. The van der Waals surface area contributed by atoms with E-state index in [9.17, 15) is 10.5 Å². The monoisotopic (exact) mass is 588 g/mol. The quantitative estimate of drug-likeness (QED) is 0.219. The minimum absolute atomic E-state index is 0.0101. The second kappa shape index (κ2) is 10.1. The highest BCUT2D eigenvalue weighted by molar-refractivity contribution is 7.16. The minimum atomic E-state index is -0.509. The van der Waals surface area contributed by atoms with Gasteiger partial charge < -0.3 is 9.47 Å². The van der Waals surface area contributed by atoms with E-state index in [0.29, 0.717) is 21.8 Å². The summed E-state index contributed by atoms with van der Waals surface area (Å²) in [6.07, 6.45) is 13.1. The van der Waals surface area contributed by atoms with Crippen molar-refractivity contribution < 1.29 is 9.47 Å². The van der Waals surface area contributed by atoms with Gasteiger partial charge in [0, 0.05) is 28.3 Å². The van der Waals surface area contributed by atoms with E-state index in [2.05, 4.69) is 21.8 Å². The maximum absolute atomic E-state index is 9.33. The number of hydrogen-bond donors (Lipinski definition) is 0. The van der Waals surface area contributed by atoms with E-state index in [1.54, 1.807) is 6.08 Å². The Morgan fingerprint density at radius 2 is 1.21 bits per heavy atom. The second-order valence-electron chi connectivity index (χ2n) is 11.1.